The molecule has 0 N–H and O–H groups in total. The lowest BCUT2D eigenvalue weighted by Gasteiger charge is -2.10. The number of thiophene rings is 1. The Kier molecular flexibility index (Phi) is 6.46. The molecule has 0 amide bonds. The highest BCUT2D eigenvalue weighted by Crippen LogP contribution is 2.28. The largest absolute Gasteiger partial charge is 0.338 e. The van der Waals surface area contributed by atoms with E-state index in [9.17, 15) is 4.79 Å². The second-order valence-electron chi connectivity index (χ2n) is 6.47. The highest BCUT2D eigenvalue weighted by molar-refractivity contribution is 9.10. The molecule has 0 atom stereocenters. The first kappa shape index (κ1) is 20.3. The van der Waals surface area contributed by atoms with Crippen molar-refractivity contribution in [3.8, 4) is 11.4 Å². The van der Waals surface area contributed by atoms with Crippen LogP contribution in [0.2, 0.25) is 0 Å². The minimum atomic E-state index is 0.0306. The molecular formula is C20H19BrN4O2S2. The number of aromatic nitrogens is 4. The zero-order chi connectivity index (χ0) is 20.2. The van der Waals surface area contributed by atoms with Crippen molar-refractivity contribution >= 4 is 49.2 Å². The molecule has 29 heavy (non-hydrogen) atoms. The van der Waals surface area contributed by atoms with Crippen LogP contribution in [0.3, 0.4) is 0 Å². The Morgan fingerprint density at radius 3 is 2.90 bits per heavy atom. The van der Waals surface area contributed by atoms with Crippen molar-refractivity contribution in [1.29, 1.82) is 0 Å². The van der Waals surface area contributed by atoms with Crippen LogP contribution in [-0.2, 0) is 12.3 Å². The topological polar surface area (TPSA) is 73.8 Å². The van der Waals surface area contributed by atoms with E-state index in [4.69, 9.17) is 9.51 Å². The quantitative estimate of drug-likeness (QED) is 0.177. The number of fused-ring (bicyclic) bond motifs is 1. The van der Waals surface area contributed by atoms with Gasteiger partial charge in [0.15, 0.2) is 5.16 Å². The van der Waals surface area contributed by atoms with E-state index in [0.717, 1.165) is 34.8 Å². The molecule has 4 rings (SSSR count). The first-order valence-electron chi connectivity index (χ1n) is 9.35. The van der Waals surface area contributed by atoms with Gasteiger partial charge in [-0.2, -0.15) is 4.98 Å². The summed E-state index contributed by atoms with van der Waals surface area (Å²) in [5.41, 5.74) is 1.65. The number of unbranched alkanes of at least 4 members (excludes halogenated alkanes) is 2. The highest BCUT2D eigenvalue weighted by Gasteiger charge is 2.15. The van der Waals surface area contributed by atoms with E-state index in [1.807, 2.05) is 35.7 Å². The average molecular weight is 491 g/mol. The van der Waals surface area contributed by atoms with Gasteiger partial charge in [0.1, 0.15) is 4.70 Å². The number of thioether (sulfide) groups is 1. The van der Waals surface area contributed by atoms with E-state index >= 15 is 0 Å². The monoisotopic (exact) mass is 490 g/mol. The molecule has 3 heterocycles. The third-order valence-electron chi connectivity index (χ3n) is 4.42. The summed E-state index contributed by atoms with van der Waals surface area (Å²) < 4.78 is 8.82. The van der Waals surface area contributed by atoms with E-state index in [0.29, 0.717) is 33.9 Å². The Balaban J connectivity index is 1.57. The highest BCUT2D eigenvalue weighted by atomic mass is 79.9. The van der Waals surface area contributed by atoms with Crippen LogP contribution in [0.4, 0.5) is 0 Å². The van der Waals surface area contributed by atoms with Crippen LogP contribution in [0, 0.1) is 0 Å². The number of nitrogens with zero attached hydrogens (tertiary/aromatic N) is 4. The summed E-state index contributed by atoms with van der Waals surface area (Å²) in [7, 11) is 0. The van der Waals surface area contributed by atoms with Crippen molar-refractivity contribution in [3.05, 3.63) is 56.4 Å². The maximum atomic E-state index is 12.9. The minimum absolute atomic E-state index is 0.0306. The standard InChI is InChI=1S/C20H19BrN4O2S2/c1-2-3-6-10-25-19(26)17-15(9-11-28-17)22-20(25)29-12-16-23-18(24-27-16)13-7-4-5-8-14(13)21/h4-5,7-9,11H,2-3,6,10,12H2,1H3. The first-order chi connectivity index (χ1) is 14.2. The molecule has 0 aliphatic carbocycles. The summed E-state index contributed by atoms with van der Waals surface area (Å²) in [6.07, 6.45) is 3.14. The summed E-state index contributed by atoms with van der Waals surface area (Å²) >= 11 is 6.40. The lowest BCUT2D eigenvalue weighted by atomic mass is 10.2. The Labute approximate surface area is 184 Å². The van der Waals surface area contributed by atoms with Crippen LogP contribution >= 0.6 is 39.0 Å². The van der Waals surface area contributed by atoms with Crippen molar-refractivity contribution in [3.63, 3.8) is 0 Å². The molecule has 150 valence electrons. The molecule has 0 saturated heterocycles. The third-order valence-corrected chi connectivity index (χ3v) is 6.97. The molecule has 0 aliphatic rings. The average Bonchev–Trinajstić information content (AvgIpc) is 3.38. The van der Waals surface area contributed by atoms with E-state index in [2.05, 4.69) is 33.0 Å². The zero-order valence-electron chi connectivity index (χ0n) is 15.8. The molecule has 0 unspecified atom stereocenters. The fourth-order valence-corrected chi connectivity index (χ4v) is 5.05. The Morgan fingerprint density at radius 1 is 1.21 bits per heavy atom. The zero-order valence-corrected chi connectivity index (χ0v) is 19.0. The van der Waals surface area contributed by atoms with Gasteiger partial charge in [0, 0.05) is 16.6 Å². The summed E-state index contributed by atoms with van der Waals surface area (Å²) in [4.78, 5) is 22.1. The van der Waals surface area contributed by atoms with Crippen molar-refractivity contribution in [1.82, 2.24) is 19.7 Å². The summed E-state index contributed by atoms with van der Waals surface area (Å²) in [6.45, 7) is 2.82. The van der Waals surface area contributed by atoms with E-state index in [1.54, 1.807) is 4.57 Å². The van der Waals surface area contributed by atoms with Crippen molar-refractivity contribution in [2.45, 2.75) is 43.6 Å². The summed E-state index contributed by atoms with van der Waals surface area (Å²) in [6, 6.07) is 9.63. The third kappa shape index (κ3) is 4.46. The number of benzene rings is 1. The van der Waals surface area contributed by atoms with Gasteiger partial charge in [0.05, 0.1) is 11.3 Å². The van der Waals surface area contributed by atoms with Gasteiger partial charge in [-0.1, -0.05) is 64.7 Å². The Bertz CT molecular complexity index is 1180. The normalized spacial score (nSPS) is 11.4. The first-order valence-corrected chi connectivity index (χ1v) is 12.0. The second kappa shape index (κ2) is 9.23. The number of hydrogen-bond acceptors (Lipinski definition) is 7. The van der Waals surface area contributed by atoms with Gasteiger partial charge in [0.2, 0.25) is 11.7 Å². The second-order valence-corrected chi connectivity index (χ2v) is 9.19. The van der Waals surface area contributed by atoms with E-state index < -0.39 is 0 Å². The fourth-order valence-electron chi connectivity index (χ4n) is 2.94. The lowest BCUT2D eigenvalue weighted by molar-refractivity contribution is 0.391. The van der Waals surface area contributed by atoms with Gasteiger partial charge in [-0.05, 0) is 30.0 Å². The summed E-state index contributed by atoms with van der Waals surface area (Å²) in [5, 5.41) is 6.69. The van der Waals surface area contributed by atoms with E-state index in [-0.39, 0.29) is 5.56 Å². The van der Waals surface area contributed by atoms with Crippen LogP contribution in [0.15, 0.2) is 54.7 Å². The smallest absolute Gasteiger partial charge is 0.272 e. The van der Waals surface area contributed by atoms with Gasteiger partial charge in [0.25, 0.3) is 5.56 Å². The van der Waals surface area contributed by atoms with Gasteiger partial charge in [-0.3, -0.25) is 9.36 Å². The maximum Gasteiger partial charge on any atom is 0.272 e. The molecule has 9 heteroatoms. The van der Waals surface area contributed by atoms with E-state index in [1.165, 1.54) is 23.1 Å². The SMILES string of the molecule is CCCCCn1c(SCc2nc(-c3ccccc3Br)no2)nc2ccsc2c1=O. The molecular weight excluding hydrogens is 472 g/mol. The Hall–Kier alpha value is -1.97. The van der Waals surface area contributed by atoms with Crippen molar-refractivity contribution < 1.29 is 4.52 Å². The summed E-state index contributed by atoms with van der Waals surface area (Å²) in [5.74, 6) is 1.49. The minimum Gasteiger partial charge on any atom is -0.338 e. The Morgan fingerprint density at radius 2 is 2.07 bits per heavy atom. The predicted octanol–water partition coefficient (Wildman–Crippen LogP) is 5.75. The molecule has 1 aromatic carbocycles. The molecule has 3 aromatic heterocycles. The molecule has 0 aliphatic heterocycles. The number of halogens is 1. The maximum absolute atomic E-state index is 12.9. The van der Waals surface area contributed by atoms with Gasteiger partial charge < -0.3 is 4.52 Å². The van der Waals surface area contributed by atoms with Crippen LogP contribution in [0.1, 0.15) is 32.1 Å². The number of hydrogen-bond donors (Lipinski definition) is 0. The molecule has 0 spiro atoms. The molecule has 0 fully saturated rings. The fraction of sp³-hybridized carbons (Fsp3) is 0.300. The van der Waals surface area contributed by atoms with Crippen LogP contribution in [0.5, 0.6) is 0 Å². The molecule has 0 radical (unpaired) electrons. The van der Waals surface area contributed by atoms with Gasteiger partial charge in [-0.25, -0.2) is 4.98 Å². The predicted molar refractivity (Wildman–Crippen MR) is 120 cm³/mol. The van der Waals surface area contributed by atoms with Gasteiger partial charge in [-0.15, -0.1) is 11.3 Å². The van der Waals surface area contributed by atoms with Crippen molar-refractivity contribution in [2.24, 2.45) is 0 Å². The van der Waals surface area contributed by atoms with Crippen LogP contribution < -0.4 is 5.56 Å². The molecule has 0 bridgehead atoms. The lowest BCUT2D eigenvalue weighted by Crippen LogP contribution is -2.22. The molecule has 0 saturated carbocycles. The van der Waals surface area contributed by atoms with Crippen LogP contribution in [0.25, 0.3) is 21.6 Å². The number of rotatable bonds is 8. The van der Waals surface area contributed by atoms with Crippen molar-refractivity contribution in [2.75, 3.05) is 0 Å². The van der Waals surface area contributed by atoms with Gasteiger partial charge >= 0.3 is 0 Å². The molecule has 4 aromatic rings. The molecule has 6 nitrogen and oxygen atoms in total. The van der Waals surface area contributed by atoms with Crippen LogP contribution in [-0.4, -0.2) is 19.7 Å².